The molecule has 0 aromatic heterocycles. The SMILES string of the molecule is C.C#Cc1ccc(C#Cc2ccccc2)cc1.O=C(OCc1ccc(Br)cc1)c1cc(O)ccc1O.O=C(OCc1ccc(C#Cc2ccc(C#Cc3ccccc3)cc2)cc1)c1cc(O)ccc1O. The van der Waals surface area contributed by atoms with Crippen molar-refractivity contribution in [1.82, 2.24) is 0 Å². The van der Waals surface area contributed by atoms with Crippen molar-refractivity contribution in [2.75, 3.05) is 0 Å². The van der Waals surface area contributed by atoms with Crippen molar-refractivity contribution < 1.29 is 39.5 Å². The number of halogens is 1. The number of aromatic hydroxyl groups is 4. The summed E-state index contributed by atoms with van der Waals surface area (Å²) in [5.41, 5.74) is 7.95. The summed E-state index contributed by atoms with van der Waals surface area (Å²) >= 11 is 3.31. The summed E-state index contributed by atoms with van der Waals surface area (Å²) in [5, 5.41) is 38.0. The summed E-state index contributed by atoms with van der Waals surface area (Å²) in [4.78, 5) is 23.9. The molecule has 70 heavy (non-hydrogen) atoms. The minimum absolute atomic E-state index is 0. The van der Waals surface area contributed by atoms with Gasteiger partial charge in [0.05, 0.1) is 0 Å². The zero-order valence-electron chi connectivity index (χ0n) is 36.8. The number of rotatable bonds is 6. The van der Waals surface area contributed by atoms with E-state index in [4.69, 9.17) is 15.9 Å². The van der Waals surface area contributed by atoms with E-state index in [1.165, 1.54) is 36.4 Å². The molecule has 0 aliphatic heterocycles. The predicted octanol–water partition coefficient (Wildman–Crippen LogP) is 12.2. The molecule has 4 N–H and O–H groups in total. The molecule has 0 fully saturated rings. The van der Waals surface area contributed by atoms with E-state index in [2.05, 4.69) is 57.4 Å². The topological polar surface area (TPSA) is 134 Å². The highest BCUT2D eigenvalue weighted by atomic mass is 79.9. The Morgan fingerprint density at radius 3 is 1.06 bits per heavy atom. The minimum atomic E-state index is -0.714. The minimum Gasteiger partial charge on any atom is -0.508 e. The van der Waals surface area contributed by atoms with Crippen molar-refractivity contribution in [1.29, 1.82) is 0 Å². The summed E-state index contributed by atoms with van der Waals surface area (Å²) in [6.45, 7) is 0.133. The summed E-state index contributed by atoms with van der Waals surface area (Å²) in [6, 6.07) is 57.2. The molecule has 0 saturated carbocycles. The lowest BCUT2D eigenvalue weighted by Crippen LogP contribution is -2.05. The Kier molecular flexibility index (Phi) is 19.7. The fraction of sp³-hybridized carbons (Fsp3) is 0.0492. The molecule has 8 nitrogen and oxygen atoms in total. The van der Waals surface area contributed by atoms with Crippen LogP contribution in [0.25, 0.3) is 0 Å². The van der Waals surface area contributed by atoms with E-state index in [0.717, 1.165) is 54.5 Å². The van der Waals surface area contributed by atoms with Gasteiger partial charge < -0.3 is 29.9 Å². The second-order valence-corrected chi connectivity index (χ2v) is 15.6. The molecule has 344 valence electrons. The van der Waals surface area contributed by atoms with Gasteiger partial charge in [0, 0.05) is 43.4 Å². The molecule has 0 radical (unpaired) electrons. The molecule has 8 aromatic carbocycles. The van der Waals surface area contributed by atoms with Crippen LogP contribution in [-0.4, -0.2) is 32.4 Å². The van der Waals surface area contributed by atoms with Gasteiger partial charge in [-0.3, -0.25) is 0 Å². The van der Waals surface area contributed by atoms with Gasteiger partial charge >= 0.3 is 11.9 Å². The molecule has 9 heteroatoms. The Morgan fingerprint density at radius 1 is 0.414 bits per heavy atom. The third-order valence-electron chi connectivity index (χ3n) is 9.54. The van der Waals surface area contributed by atoms with Crippen LogP contribution < -0.4 is 0 Å². The molecule has 0 aliphatic rings. The van der Waals surface area contributed by atoms with Gasteiger partial charge in [-0.1, -0.05) is 125 Å². The lowest BCUT2D eigenvalue weighted by Gasteiger charge is -2.07. The van der Waals surface area contributed by atoms with E-state index in [0.29, 0.717) is 0 Å². The Balaban J connectivity index is 0.000000214. The highest BCUT2D eigenvalue weighted by molar-refractivity contribution is 9.10. The number of benzene rings is 8. The maximum absolute atomic E-state index is 12.1. The first-order chi connectivity index (χ1) is 33.5. The fourth-order valence-corrected chi connectivity index (χ4v) is 6.12. The highest BCUT2D eigenvalue weighted by Gasteiger charge is 2.15. The summed E-state index contributed by atoms with van der Waals surface area (Å²) in [7, 11) is 0. The van der Waals surface area contributed by atoms with Crippen molar-refractivity contribution in [3.05, 3.63) is 260 Å². The van der Waals surface area contributed by atoms with Crippen LogP contribution in [0.5, 0.6) is 23.0 Å². The van der Waals surface area contributed by atoms with Gasteiger partial charge in [0.2, 0.25) is 0 Å². The van der Waals surface area contributed by atoms with Crippen LogP contribution in [-0.2, 0) is 22.7 Å². The number of hydrogen-bond acceptors (Lipinski definition) is 8. The van der Waals surface area contributed by atoms with Crippen LogP contribution in [0.15, 0.2) is 199 Å². The second-order valence-electron chi connectivity index (χ2n) is 14.7. The molecule has 8 rings (SSSR count). The zero-order chi connectivity index (χ0) is 48.8. The predicted molar refractivity (Wildman–Crippen MR) is 277 cm³/mol. The van der Waals surface area contributed by atoms with E-state index < -0.39 is 11.9 Å². The first kappa shape index (κ1) is 51.6. The molecule has 0 saturated heterocycles. The lowest BCUT2D eigenvalue weighted by molar-refractivity contribution is 0.0460. The first-order valence-corrected chi connectivity index (χ1v) is 21.8. The van der Waals surface area contributed by atoms with Crippen molar-refractivity contribution in [2.45, 2.75) is 20.6 Å². The monoisotopic (exact) mass is 984 g/mol. The second kappa shape index (κ2) is 26.7. The van der Waals surface area contributed by atoms with Crippen LogP contribution in [0.4, 0.5) is 0 Å². The van der Waals surface area contributed by atoms with Crippen molar-refractivity contribution in [3.63, 3.8) is 0 Å². The number of hydrogen-bond donors (Lipinski definition) is 4. The summed E-state index contributed by atoms with van der Waals surface area (Å²) < 4.78 is 11.2. The molecule has 0 heterocycles. The molecule has 0 amide bonds. The van der Waals surface area contributed by atoms with Crippen molar-refractivity contribution in [3.8, 4) is 70.9 Å². The number of phenolic OH excluding ortho intramolecular Hbond substituents is 4. The summed E-state index contributed by atoms with van der Waals surface area (Å²) in [5.74, 6) is 19.2. The van der Waals surface area contributed by atoms with Crippen LogP contribution in [0.1, 0.15) is 78.2 Å². The van der Waals surface area contributed by atoms with E-state index in [1.54, 1.807) is 0 Å². The normalized spacial score (nSPS) is 9.49. The van der Waals surface area contributed by atoms with Gasteiger partial charge in [-0.2, -0.15) is 0 Å². The maximum atomic E-state index is 12.1. The van der Waals surface area contributed by atoms with Gasteiger partial charge in [0.15, 0.2) is 0 Å². The number of carbonyl (C=O) groups excluding carboxylic acids is 2. The molecule has 0 aliphatic carbocycles. The maximum Gasteiger partial charge on any atom is 0.342 e. The Hall–Kier alpha value is -9.38. The smallest absolute Gasteiger partial charge is 0.342 e. The van der Waals surface area contributed by atoms with Crippen molar-refractivity contribution >= 4 is 27.9 Å². The third-order valence-corrected chi connectivity index (χ3v) is 10.1. The Morgan fingerprint density at radius 2 is 0.714 bits per heavy atom. The molecule has 0 unspecified atom stereocenters. The highest BCUT2D eigenvalue weighted by Crippen LogP contribution is 2.25. The number of terminal acetylenes is 1. The zero-order valence-corrected chi connectivity index (χ0v) is 38.4. The Bertz CT molecular complexity index is 3240. The molecule has 0 spiro atoms. The quantitative estimate of drug-likeness (QED) is 0.0735. The largest absolute Gasteiger partial charge is 0.508 e. The van der Waals surface area contributed by atoms with Crippen LogP contribution in [0.3, 0.4) is 0 Å². The number of carbonyl (C=O) groups is 2. The lowest BCUT2D eigenvalue weighted by atomic mass is 10.1. The fourth-order valence-electron chi connectivity index (χ4n) is 5.86. The summed E-state index contributed by atoms with van der Waals surface area (Å²) in [6.07, 6.45) is 5.28. The van der Waals surface area contributed by atoms with E-state index in [1.807, 2.05) is 158 Å². The first-order valence-electron chi connectivity index (χ1n) is 21.1. The molecule has 0 atom stereocenters. The number of phenols is 4. The van der Waals surface area contributed by atoms with E-state index in [9.17, 15) is 30.0 Å². The molecule has 8 aromatic rings. The average Bonchev–Trinajstić information content (AvgIpc) is 3.39. The van der Waals surface area contributed by atoms with Crippen LogP contribution in [0.2, 0.25) is 0 Å². The van der Waals surface area contributed by atoms with E-state index >= 15 is 0 Å². The average molecular weight is 986 g/mol. The Labute approximate surface area is 416 Å². The van der Waals surface area contributed by atoms with Crippen LogP contribution in [0, 0.1) is 47.9 Å². The van der Waals surface area contributed by atoms with Crippen molar-refractivity contribution in [2.24, 2.45) is 0 Å². The van der Waals surface area contributed by atoms with Gasteiger partial charge in [-0.05, 0) is 145 Å². The van der Waals surface area contributed by atoms with Gasteiger partial charge in [0.1, 0.15) is 47.3 Å². The molecular weight excluding hydrogens is 941 g/mol. The van der Waals surface area contributed by atoms with Gasteiger partial charge in [0.25, 0.3) is 0 Å². The standard InChI is InChI=1S/C30H20O4.C16H10.C14H11BrO4.CH4/c31-27-18-19-29(32)28(20-27)30(33)34-21-26-16-14-25(15-17-26)13-12-24-10-8-23(9-11-24)7-6-22-4-2-1-3-5-22;1-2-14-8-10-16(11-9-14)13-12-15-6-4-3-5-7-15;15-10-3-1-9(2-4-10)8-19-14(18)12-7-11(16)5-6-13(12)17;/h1-5,8-11,14-20,31-32H,21H2;1,3-11H;1-7,16-17H,8H2;1H4. The van der Waals surface area contributed by atoms with E-state index in [-0.39, 0.29) is 54.8 Å². The third kappa shape index (κ3) is 16.8. The molecule has 0 bridgehead atoms. The number of esters is 2. The van der Waals surface area contributed by atoms with Gasteiger partial charge in [-0.15, -0.1) is 6.42 Å². The molecular formula is C61H45BrO8. The number of ether oxygens (including phenoxy) is 2. The van der Waals surface area contributed by atoms with Crippen LogP contribution >= 0.6 is 15.9 Å². The van der Waals surface area contributed by atoms with Gasteiger partial charge in [-0.25, -0.2) is 9.59 Å².